The molecule has 8 heteroatoms. The van der Waals surface area contributed by atoms with Crippen molar-refractivity contribution in [3.63, 3.8) is 0 Å². The highest BCUT2D eigenvalue weighted by molar-refractivity contribution is 5.92. The van der Waals surface area contributed by atoms with Crippen molar-refractivity contribution in [1.29, 1.82) is 0 Å². The van der Waals surface area contributed by atoms with Crippen molar-refractivity contribution < 1.29 is 9.59 Å². The lowest BCUT2D eigenvalue weighted by Crippen LogP contribution is -2.34. The lowest BCUT2D eigenvalue weighted by molar-refractivity contribution is -0.125. The zero-order valence-electron chi connectivity index (χ0n) is 16.8. The molecule has 2 aliphatic rings. The van der Waals surface area contributed by atoms with E-state index in [1.54, 1.807) is 9.58 Å². The van der Waals surface area contributed by atoms with Crippen LogP contribution in [0.4, 0.5) is 5.82 Å². The first-order chi connectivity index (χ1) is 14.0. The van der Waals surface area contributed by atoms with Gasteiger partial charge >= 0.3 is 0 Å². The van der Waals surface area contributed by atoms with Crippen molar-refractivity contribution >= 4 is 23.2 Å². The van der Waals surface area contributed by atoms with Gasteiger partial charge in [-0.05, 0) is 44.8 Å². The molecule has 8 nitrogen and oxygen atoms in total. The number of hydrogen-bond acceptors (Lipinski definition) is 4. The van der Waals surface area contributed by atoms with Crippen molar-refractivity contribution in [2.24, 2.45) is 0 Å². The molecule has 1 aliphatic heterocycles. The average Bonchev–Trinajstić information content (AvgIpc) is 3.36. The summed E-state index contributed by atoms with van der Waals surface area (Å²) in [5.41, 5.74) is 3.92. The molecule has 0 saturated heterocycles. The molecule has 1 fully saturated rings. The van der Waals surface area contributed by atoms with Crippen LogP contribution in [0.2, 0.25) is 0 Å². The van der Waals surface area contributed by atoms with Gasteiger partial charge in [-0.2, -0.15) is 10.2 Å². The van der Waals surface area contributed by atoms with E-state index in [1.165, 1.54) is 18.9 Å². The molecule has 0 radical (unpaired) electrons. The molecule has 3 heterocycles. The zero-order chi connectivity index (χ0) is 20.5. The van der Waals surface area contributed by atoms with Crippen LogP contribution in [0.5, 0.6) is 0 Å². The summed E-state index contributed by atoms with van der Waals surface area (Å²) in [6.07, 6.45) is 8.50. The molecule has 4 rings (SSSR count). The Morgan fingerprint density at radius 1 is 1.41 bits per heavy atom. The minimum atomic E-state index is -0.487. The van der Waals surface area contributed by atoms with Gasteiger partial charge in [-0.15, -0.1) is 0 Å². The molecule has 0 aromatic carbocycles. The number of H-pyrrole nitrogens is 1. The minimum Gasteiger partial charge on any atom is -0.335 e. The van der Waals surface area contributed by atoms with Gasteiger partial charge in [0.2, 0.25) is 11.8 Å². The van der Waals surface area contributed by atoms with Crippen molar-refractivity contribution in [2.75, 3.05) is 18.4 Å². The largest absolute Gasteiger partial charge is 0.335 e. The Morgan fingerprint density at radius 3 is 2.93 bits per heavy atom. The van der Waals surface area contributed by atoms with E-state index in [4.69, 9.17) is 0 Å². The van der Waals surface area contributed by atoms with Gasteiger partial charge in [-0.1, -0.05) is 12.7 Å². The number of rotatable bonds is 6. The molecular weight excluding hydrogens is 368 g/mol. The van der Waals surface area contributed by atoms with Crippen LogP contribution in [0.15, 0.2) is 31.0 Å². The standard InChI is InChI=1S/C21H26N6O2/c1-4-20(28)26-9-5-6-16(11-26)17-12-27(25-13(17)2)14(3)21(29)22-19-10-18(23-24-19)15-7-8-15/h4,6,10,12,14-15H,1,5,7-9,11H2,2-3H3,(H2,22,23,24,29). The lowest BCUT2D eigenvalue weighted by Gasteiger charge is -2.26. The van der Waals surface area contributed by atoms with Gasteiger partial charge in [0.25, 0.3) is 0 Å². The maximum atomic E-state index is 12.7. The zero-order valence-corrected chi connectivity index (χ0v) is 16.8. The van der Waals surface area contributed by atoms with Crippen LogP contribution < -0.4 is 5.32 Å². The molecule has 2 aromatic heterocycles. The number of aryl methyl sites for hydroxylation is 1. The average molecular weight is 394 g/mol. The normalized spacial score (nSPS) is 17.6. The van der Waals surface area contributed by atoms with E-state index in [9.17, 15) is 9.59 Å². The molecule has 2 N–H and O–H groups in total. The van der Waals surface area contributed by atoms with Crippen LogP contribution in [0.1, 0.15) is 55.1 Å². The summed E-state index contributed by atoms with van der Waals surface area (Å²) >= 11 is 0. The molecule has 0 spiro atoms. The van der Waals surface area contributed by atoms with Crippen LogP contribution in [0.3, 0.4) is 0 Å². The molecule has 2 amide bonds. The predicted molar refractivity (Wildman–Crippen MR) is 110 cm³/mol. The second kappa shape index (κ2) is 7.69. The van der Waals surface area contributed by atoms with Gasteiger partial charge in [0.1, 0.15) is 6.04 Å². The molecule has 152 valence electrons. The number of carbonyl (C=O) groups is 2. The fourth-order valence-corrected chi connectivity index (χ4v) is 3.61. The maximum absolute atomic E-state index is 12.7. The lowest BCUT2D eigenvalue weighted by atomic mass is 10.0. The molecule has 1 atom stereocenters. The Bertz CT molecular complexity index is 981. The highest BCUT2D eigenvalue weighted by Gasteiger charge is 2.27. The summed E-state index contributed by atoms with van der Waals surface area (Å²) in [5, 5.41) is 14.6. The number of nitrogens with zero attached hydrogens (tertiary/aromatic N) is 4. The molecular formula is C21H26N6O2. The quantitative estimate of drug-likeness (QED) is 0.737. The predicted octanol–water partition coefficient (Wildman–Crippen LogP) is 2.79. The first-order valence-corrected chi connectivity index (χ1v) is 9.99. The Labute approximate surface area is 169 Å². The van der Waals surface area contributed by atoms with Gasteiger partial charge in [0.15, 0.2) is 5.82 Å². The van der Waals surface area contributed by atoms with Crippen LogP contribution >= 0.6 is 0 Å². The summed E-state index contributed by atoms with van der Waals surface area (Å²) in [6, 6.07) is 1.42. The van der Waals surface area contributed by atoms with Crippen molar-refractivity contribution in [3.8, 4) is 0 Å². The van der Waals surface area contributed by atoms with Crippen molar-refractivity contribution in [1.82, 2.24) is 24.9 Å². The highest BCUT2D eigenvalue weighted by atomic mass is 16.2. The van der Waals surface area contributed by atoms with Gasteiger partial charge in [-0.3, -0.25) is 19.4 Å². The van der Waals surface area contributed by atoms with Gasteiger partial charge in [0.05, 0.1) is 5.69 Å². The van der Waals surface area contributed by atoms with E-state index in [-0.39, 0.29) is 11.8 Å². The SMILES string of the molecule is C=CC(=O)N1CCC=C(c2cn(C(C)C(=O)Nc3cc(C4CC4)[nH]n3)nc2C)C1. The minimum absolute atomic E-state index is 0.0713. The van der Waals surface area contributed by atoms with Gasteiger partial charge in [-0.25, -0.2) is 0 Å². The van der Waals surface area contributed by atoms with Crippen molar-refractivity contribution in [2.45, 2.75) is 45.1 Å². The molecule has 2 aromatic rings. The van der Waals surface area contributed by atoms with E-state index in [2.05, 4.69) is 33.3 Å². The smallest absolute Gasteiger partial charge is 0.250 e. The number of aromatic amines is 1. The molecule has 1 unspecified atom stereocenters. The fourth-order valence-electron chi connectivity index (χ4n) is 3.61. The summed E-state index contributed by atoms with van der Waals surface area (Å²) in [5.74, 6) is 0.853. The summed E-state index contributed by atoms with van der Waals surface area (Å²) in [7, 11) is 0. The fraction of sp³-hybridized carbons (Fsp3) is 0.429. The van der Waals surface area contributed by atoms with Crippen LogP contribution in [-0.2, 0) is 9.59 Å². The van der Waals surface area contributed by atoms with Crippen LogP contribution in [0, 0.1) is 6.92 Å². The number of nitrogens with one attached hydrogen (secondary N) is 2. The third-order valence-corrected chi connectivity index (χ3v) is 5.54. The highest BCUT2D eigenvalue weighted by Crippen LogP contribution is 2.39. The molecule has 0 bridgehead atoms. The van der Waals surface area contributed by atoms with E-state index in [0.29, 0.717) is 24.8 Å². The Hall–Kier alpha value is -3.16. The van der Waals surface area contributed by atoms with E-state index < -0.39 is 6.04 Å². The van der Waals surface area contributed by atoms with E-state index in [1.807, 2.05) is 26.1 Å². The van der Waals surface area contributed by atoms with Gasteiger partial charge < -0.3 is 10.2 Å². The monoisotopic (exact) mass is 394 g/mol. The van der Waals surface area contributed by atoms with Crippen LogP contribution in [0.25, 0.3) is 5.57 Å². The molecule has 29 heavy (non-hydrogen) atoms. The van der Waals surface area contributed by atoms with E-state index >= 15 is 0 Å². The van der Waals surface area contributed by atoms with E-state index in [0.717, 1.165) is 28.9 Å². The van der Waals surface area contributed by atoms with Crippen molar-refractivity contribution in [3.05, 3.63) is 47.9 Å². The second-order valence-corrected chi connectivity index (χ2v) is 7.74. The number of carbonyl (C=O) groups excluding carboxylic acids is 2. The Kier molecular flexibility index (Phi) is 5.08. The third-order valence-electron chi connectivity index (χ3n) is 5.54. The molecule has 1 aliphatic carbocycles. The number of hydrogen-bond donors (Lipinski definition) is 2. The number of aromatic nitrogens is 4. The number of amides is 2. The van der Waals surface area contributed by atoms with Crippen LogP contribution in [-0.4, -0.2) is 49.8 Å². The Balaban J connectivity index is 1.46. The molecule has 1 saturated carbocycles. The first kappa shape index (κ1) is 19.2. The topological polar surface area (TPSA) is 95.9 Å². The maximum Gasteiger partial charge on any atom is 0.250 e. The Morgan fingerprint density at radius 2 is 2.21 bits per heavy atom. The number of anilines is 1. The summed E-state index contributed by atoms with van der Waals surface area (Å²) in [4.78, 5) is 26.4. The van der Waals surface area contributed by atoms with Gasteiger partial charge in [0, 0.05) is 42.5 Å². The summed E-state index contributed by atoms with van der Waals surface area (Å²) in [6.45, 7) is 8.50. The first-order valence-electron chi connectivity index (χ1n) is 9.99. The summed E-state index contributed by atoms with van der Waals surface area (Å²) < 4.78 is 1.67. The second-order valence-electron chi connectivity index (χ2n) is 7.74. The third kappa shape index (κ3) is 4.01.